The van der Waals surface area contributed by atoms with E-state index in [1.54, 1.807) is 29.2 Å². The van der Waals surface area contributed by atoms with Gasteiger partial charge in [0.05, 0.1) is 5.56 Å². The molecule has 0 aromatic heterocycles. The monoisotopic (exact) mass is 426 g/mol. The second-order valence-corrected chi connectivity index (χ2v) is 8.09. The number of halogens is 1. The number of para-hydroxylation sites is 1. The Bertz CT molecular complexity index is 877. The molecule has 0 radical (unpaired) electrons. The molecule has 0 atom stereocenters. The maximum Gasteiger partial charge on any atom is 0.257 e. The summed E-state index contributed by atoms with van der Waals surface area (Å²) in [6, 6.07) is 13.3. The maximum atomic E-state index is 13.1. The third-order valence-electron chi connectivity index (χ3n) is 5.78. The number of piperidine rings is 1. The number of likely N-dealkylation sites (tertiary alicyclic amines) is 1. The summed E-state index contributed by atoms with van der Waals surface area (Å²) in [5, 5.41) is 0. The zero-order valence-electron chi connectivity index (χ0n) is 18.4. The number of carbonyl (C=O) groups excluding carboxylic acids is 2. The number of ether oxygens (including phenoxy) is 1. The van der Waals surface area contributed by atoms with E-state index >= 15 is 0 Å². The van der Waals surface area contributed by atoms with Crippen LogP contribution in [0.1, 0.15) is 48.5 Å². The van der Waals surface area contributed by atoms with Crippen molar-refractivity contribution in [2.24, 2.45) is 5.92 Å². The first kappa shape index (κ1) is 22.8. The van der Waals surface area contributed by atoms with E-state index in [1.807, 2.05) is 24.1 Å². The summed E-state index contributed by atoms with van der Waals surface area (Å²) in [7, 11) is 1.87. The molecule has 5 nitrogen and oxygen atoms in total. The predicted octanol–water partition coefficient (Wildman–Crippen LogP) is 4.52. The van der Waals surface area contributed by atoms with Crippen LogP contribution in [0.15, 0.2) is 48.5 Å². The summed E-state index contributed by atoms with van der Waals surface area (Å²) >= 11 is 0. The van der Waals surface area contributed by atoms with Gasteiger partial charge < -0.3 is 14.5 Å². The summed E-state index contributed by atoms with van der Waals surface area (Å²) in [5.41, 5.74) is 1.34. The van der Waals surface area contributed by atoms with Gasteiger partial charge in [0.2, 0.25) is 5.91 Å². The number of nitrogens with zero attached hydrogens (tertiary/aromatic N) is 2. The van der Waals surface area contributed by atoms with Crippen molar-refractivity contribution < 1.29 is 18.7 Å². The molecule has 2 aromatic carbocycles. The molecule has 2 amide bonds. The summed E-state index contributed by atoms with van der Waals surface area (Å²) in [6.45, 7) is 4.27. The lowest BCUT2D eigenvalue weighted by atomic mass is 9.94. The lowest BCUT2D eigenvalue weighted by Crippen LogP contribution is -2.43. The van der Waals surface area contributed by atoms with Crippen LogP contribution in [-0.4, -0.2) is 48.3 Å². The van der Waals surface area contributed by atoms with Crippen LogP contribution in [0.2, 0.25) is 0 Å². The van der Waals surface area contributed by atoms with Gasteiger partial charge in [0.1, 0.15) is 18.2 Å². The third kappa shape index (κ3) is 6.06. The Morgan fingerprint density at radius 1 is 1.10 bits per heavy atom. The summed E-state index contributed by atoms with van der Waals surface area (Å²) < 4.78 is 19.0. The molecule has 0 unspecified atom stereocenters. The molecule has 0 spiro atoms. The quantitative estimate of drug-likeness (QED) is 0.624. The molecular weight excluding hydrogens is 395 g/mol. The molecule has 1 heterocycles. The zero-order valence-corrected chi connectivity index (χ0v) is 18.4. The molecule has 0 aliphatic carbocycles. The smallest absolute Gasteiger partial charge is 0.257 e. The topological polar surface area (TPSA) is 49.9 Å². The number of hydrogen-bond donors (Lipinski definition) is 0. The van der Waals surface area contributed by atoms with Gasteiger partial charge in [0.25, 0.3) is 5.91 Å². The number of rotatable bonds is 8. The highest BCUT2D eigenvalue weighted by molar-refractivity contribution is 5.97. The van der Waals surface area contributed by atoms with Crippen LogP contribution in [0.5, 0.6) is 5.75 Å². The molecule has 6 heteroatoms. The van der Waals surface area contributed by atoms with E-state index < -0.39 is 0 Å². The Labute approximate surface area is 183 Å². The van der Waals surface area contributed by atoms with Crippen molar-refractivity contribution in [2.45, 2.75) is 39.2 Å². The molecule has 31 heavy (non-hydrogen) atoms. The van der Waals surface area contributed by atoms with Crippen LogP contribution < -0.4 is 4.74 Å². The molecular formula is C25H31FN2O3. The van der Waals surface area contributed by atoms with Crippen molar-refractivity contribution in [3.8, 4) is 5.75 Å². The number of unbranched alkanes of at least 4 members (excludes halogenated alkanes) is 1. The first-order valence-electron chi connectivity index (χ1n) is 11.0. The summed E-state index contributed by atoms with van der Waals surface area (Å²) in [5.74, 6) is 0.298. The summed E-state index contributed by atoms with van der Waals surface area (Å²) in [6.07, 6.45) is 3.43. The highest BCUT2D eigenvalue weighted by Crippen LogP contribution is 2.25. The molecule has 166 valence electrons. The van der Waals surface area contributed by atoms with Gasteiger partial charge >= 0.3 is 0 Å². The SMILES string of the molecule is CCCCN(C)C(=O)C1CCN(C(=O)c2ccccc2OCc2ccc(F)cc2)CC1. The van der Waals surface area contributed by atoms with Crippen LogP contribution in [0.25, 0.3) is 0 Å². The van der Waals surface area contributed by atoms with E-state index in [0.717, 1.165) is 24.9 Å². The Balaban J connectivity index is 1.58. The fraction of sp³-hybridized carbons (Fsp3) is 0.440. The average molecular weight is 427 g/mol. The molecule has 0 N–H and O–H groups in total. The van der Waals surface area contributed by atoms with Crippen molar-refractivity contribution >= 4 is 11.8 Å². The molecule has 3 rings (SSSR count). The van der Waals surface area contributed by atoms with Gasteiger partial charge in [0, 0.05) is 32.6 Å². The van der Waals surface area contributed by atoms with Gasteiger partial charge in [0.15, 0.2) is 0 Å². The lowest BCUT2D eigenvalue weighted by Gasteiger charge is -2.33. The van der Waals surface area contributed by atoms with Crippen LogP contribution in [0.3, 0.4) is 0 Å². The molecule has 0 bridgehead atoms. The normalized spacial score (nSPS) is 14.4. The predicted molar refractivity (Wildman–Crippen MR) is 118 cm³/mol. The summed E-state index contributed by atoms with van der Waals surface area (Å²) in [4.78, 5) is 29.4. The number of amides is 2. The molecule has 1 aliphatic rings. The third-order valence-corrected chi connectivity index (χ3v) is 5.78. The lowest BCUT2D eigenvalue weighted by molar-refractivity contribution is -0.135. The first-order valence-corrected chi connectivity index (χ1v) is 11.0. The highest BCUT2D eigenvalue weighted by Gasteiger charge is 2.30. The molecule has 1 fully saturated rings. The van der Waals surface area contributed by atoms with Crippen molar-refractivity contribution in [1.29, 1.82) is 0 Å². The average Bonchev–Trinajstić information content (AvgIpc) is 2.81. The molecule has 1 saturated heterocycles. The minimum Gasteiger partial charge on any atom is -0.488 e. The van der Waals surface area contributed by atoms with Crippen LogP contribution in [0.4, 0.5) is 4.39 Å². The Hall–Kier alpha value is -2.89. The van der Waals surface area contributed by atoms with E-state index in [-0.39, 0.29) is 30.2 Å². The van der Waals surface area contributed by atoms with Crippen LogP contribution in [0, 0.1) is 11.7 Å². The van der Waals surface area contributed by atoms with Gasteiger partial charge in [-0.3, -0.25) is 9.59 Å². The fourth-order valence-corrected chi connectivity index (χ4v) is 3.83. The Morgan fingerprint density at radius 2 is 1.77 bits per heavy atom. The standard InChI is InChI=1S/C25H31FN2O3/c1-3-4-15-27(2)24(29)20-13-16-28(17-14-20)25(30)22-7-5-6-8-23(22)31-18-19-9-11-21(26)12-10-19/h5-12,20H,3-4,13-18H2,1-2H3. The van der Waals surface area contributed by atoms with Gasteiger partial charge in [-0.15, -0.1) is 0 Å². The fourth-order valence-electron chi connectivity index (χ4n) is 3.83. The first-order chi connectivity index (χ1) is 15.0. The van der Waals surface area contributed by atoms with Crippen LogP contribution >= 0.6 is 0 Å². The Kier molecular flexibility index (Phi) is 8.04. The highest BCUT2D eigenvalue weighted by atomic mass is 19.1. The van der Waals surface area contributed by atoms with Crippen molar-refractivity contribution in [3.05, 3.63) is 65.5 Å². The number of benzene rings is 2. The number of carbonyl (C=O) groups is 2. The van der Waals surface area contributed by atoms with E-state index in [4.69, 9.17) is 4.74 Å². The van der Waals surface area contributed by atoms with E-state index in [9.17, 15) is 14.0 Å². The maximum absolute atomic E-state index is 13.1. The molecule has 1 aliphatic heterocycles. The van der Waals surface area contributed by atoms with E-state index in [2.05, 4.69) is 6.92 Å². The van der Waals surface area contributed by atoms with E-state index in [0.29, 0.717) is 37.2 Å². The van der Waals surface area contributed by atoms with Crippen molar-refractivity contribution in [1.82, 2.24) is 9.80 Å². The minimum absolute atomic E-state index is 0.0177. The second kappa shape index (κ2) is 10.9. The van der Waals surface area contributed by atoms with E-state index in [1.165, 1.54) is 12.1 Å². The second-order valence-electron chi connectivity index (χ2n) is 8.09. The molecule has 0 saturated carbocycles. The van der Waals surface area contributed by atoms with Crippen LogP contribution in [-0.2, 0) is 11.4 Å². The van der Waals surface area contributed by atoms with Crippen molar-refractivity contribution in [2.75, 3.05) is 26.7 Å². The largest absolute Gasteiger partial charge is 0.488 e. The molecule has 2 aromatic rings. The van der Waals surface area contributed by atoms with Gasteiger partial charge in [-0.05, 0) is 49.1 Å². The Morgan fingerprint density at radius 3 is 2.45 bits per heavy atom. The zero-order chi connectivity index (χ0) is 22.2. The van der Waals surface area contributed by atoms with Gasteiger partial charge in [-0.25, -0.2) is 4.39 Å². The van der Waals surface area contributed by atoms with Crippen molar-refractivity contribution in [3.63, 3.8) is 0 Å². The number of hydrogen-bond acceptors (Lipinski definition) is 3. The van der Waals surface area contributed by atoms with Gasteiger partial charge in [-0.2, -0.15) is 0 Å². The van der Waals surface area contributed by atoms with Gasteiger partial charge in [-0.1, -0.05) is 37.6 Å². The minimum atomic E-state index is -0.294.